The number of hydrogen-bond donors (Lipinski definition) is 0. The molecule has 0 unspecified atom stereocenters. The molecule has 1 fully saturated rings. The number of esters is 1. The maximum absolute atomic E-state index is 12.4. The molecule has 0 radical (unpaired) electrons. The number of carbonyl (C=O) groups is 2. The van der Waals surface area contributed by atoms with Crippen LogP contribution in [-0.4, -0.2) is 36.5 Å². The third-order valence-corrected chi connectivity index (χ3v) is 4.16. The summed E-state index contributed by atoms with van der Waals surface area (Å²) in [6, 6.07) is 0.233. The summed E-state index contributed by atoms with van der Waals surface area (Å²) >= 11 is 0. The van der Waals surface area contributed by atoms with Gasteiger partial charge in [0.15, 0.2) is 0 Å². The first-order valence-corrected chi connectivity index (χ1v) is 7.23. The molecule has 1 saturated carbocycles. The molecule has 1 atom stereocenters. The summed E-state index contributed by atoms with van der Waals surface area (Å²) < 4.78 is 4.71. The van der Waals surface area contributed by atoms with Crippen LogP contribution in [0.25, 0.3) is 0 Å². The van der Waals surface area contributed by atoms with Gasteiger partial charge in [-0.25, -0.2) is 0 Å². The van der Waals surface area contributed by atoms with Gasteiger partial charge in [-0.3, -0.25) is 9.59 Å². The predicted octanol–water partition coefficient (Wildman–Crippen LogP) is 2.29. The average Bonchev–Trinajstić information content (AvgIpc) is 3.08. The van der Waals surface area contributed by atoms with Crippen molar-refractivity contribution in [1.82, 2.24) is 4.90 Å². The molecule has 0 heterocycles. The Kier molecular flexibility index (Phi) is 5.00. The second kappa shape index (κ2) is 6.73. The lowest BCUT2D eigenvalue weighted by Crippen LogP contribution is -2.43. The van der Waals surface area contributed by atoms with Crippen molar-refractivity contribution in [3.63, 3.8) is 0 Å². The molecule has 0 N–H and O–H groups in total. The molecule has 106 valence electrons. The monoisotopic (exact) mass is 265 g/mol. The molecule has 4 heteroatoms. The number of allylic oxidation sites excluding steroid dienone is 2. The molecule has 0 aromatic heterocycles. The molecule has 1 amide bonds. The minimum atomic E-state index is -0.317. The normalized spacial score (nSPS) is 22.7. The lowest BCUT2D eigenvalue weighted by atomic mass is 10.0. The Labute approximate surface area is 114 Å². The molecule has 0 saturated heterocycles. The van der Waals surface area contributed by atoms with E-state index < -0.39 is 0 Å². The van der Waals surface area contributed by atoms with Crippen LogP contribution in [0.2, 0.25) is 0 Å². The van der Waals surface area contributed by atoms with Gasteiger partial charge in [-0.15, -0.1) is 0 Å². The maximum atomic E-state index is 12.4. The first-order chi connectivity index (χ1) is 9.20. The molecule has 0 aromatic carbocycles. The van der Waals surface area contributed by atoms with Gasteiger partial charge >= 0.3 is 5.97 Å². The minimum absolute atomic E-state index is 0.105. The minimum Gasteiger partial charge on any atom is -0.468 e. The van der Waals surface area contributed by atoms with Crippen LogP contribution in [0.3, 0.4) is 0 Å². The zero-order chi connectivity index (χ0) is 13.7. The van der Waals surface area contributed by atoms with Crippen LogP contribution in [0, 0.1) is 5.92 Å². The molecule has 4 nitrogen and oxygen atoms in total. The summed E-state index contributed by atoms with van der Waals surface area (Å²) in [5.41, 5.74) is 0. The number of methoxy groups -OCH3 is 1. The highest BCUT2D eigenvalue weighted by Gasteiger charge is 2.29. The fourth-order valence-corrected chi connectivity index (χ4v) is 3.05. The van der Waals surface area contributed by atoms with Crippen LogP contribution in [0.15, 0.2) is 12.2 Å². The Balaban J connectivity index is 1.96. The van der Waals surface area contributed by atoms with Crippen molar-refractivity contribution < 1.29 is 14.3 Å². The van der Waals surface area contributed by atoms with E-state index in [9.17, 15) is 9.59 Å². The van der Waals surface area contributed by atoms with E-state index in [1.807, 2.05) is 0 Å². The summed E-state index contributed by atoms with van der Waals surface area (Å²) in [5.74, 6) is 0.144. The number of hydrogen-bond acceptors (Lipinski definition) is 3. The van der Waals surface area contributed by atoms with Crippen molar-refractivity contribution in [2.24, 2.45) is 5.92 Å². The van der Waals surface area contributed by atoms with E-state index >= 15 is 0 Å². The molecule has 0 spiro atoms. The predicted molar refractivity (Wildman–Crippen MR) is 72.5 cm³/mol. The smallest absolute Gasteiger partial charge is 0.325 e. The van der Waals surface area contributed by atoms with Crippen molar-refractivity contribution >= 4 is 11.9 Å². The summed E-state index contributed by atoms with van der Waals surface area (Å²) in [6.45, 7) is 0.108. The van der Waals surface area contributed by atoms with Crippen LogP contribution in [-0.2, 0) is 14.3 Å². The molecule has 19 heavy (non-hydrogen) atoms. The second-order valence-corrected chi connectivity index (χ2v) is 5.51. The van der Waals surface area contributed by atoms with Crippen LogP contribution >= 0.6 is 0 Å². The van der Waals surface area contributed by atoms with Crippen molar-refractivity contribution in [3.05, 3.63) is 12.2 Å². The number of carbonyl (C=O) groups excluding carboxylic acids is 2. The topological polar surface area (TPSA) is 46.6 Å². The van der Waals surface area contributed by atoms with Crippen molar-refractivity contribution in [2.45, 2.75) is 51.0 Å². The third-order valence-electron chi connectivity index (χ3n) is 4.16. The summed E-state index contributed by atoms with van der Waals surface area (Å²) in [5, 5.41) is 0. The lowest BCUT2D eigenvalue weighted by Gasteiger charge is -2.28. The van der Waals surface area contributed by atoms with Gasteiger partial charge in [0.2, 0.25) is 5.91 Å². The fourth-order valence-electron chi connectivity index (χ4n) is 3.05. The van der Waals surface area contributed by atoms with E-state index in [0.29, 0.717) is 12.3 Å². The SMILES string of the molecule is COC(=O)CN(C(=O)C[C@@H]1C=CCC1)C1CCCC1. The van der Waals surface area contributed by atoms with E-state index in [2.05, 4.69) is 12.2 Å². The molecule has 2 aliphatic carbocycles. The van der Waals surface area contributed by atoms with E-state index in [1.54, 1.807) is 4.90 Å². The Morgan fingerprint density at radius 3 is 2.58 bits per heavy atom. The van der Waals surface area contributed by atoms with Gasteiger partial charge in [0.25, 0.3) is 0 Å². The van der Waals surface area contributed by atoms with E-state index in [0.717, 1.165) is 38.5 Å². The van der Waals surface area contributed by atoms with Crippen LogP contribution < -0.4 is 0 Å². The Bertz CT molecular complexity index is 358. The summed E-state index contributed by atoms with van der Waals surface area (Å²) in [6.07, 6.45) is 11.3. The quantitative estimate of drug-likeness (QED) is 0.566. The van der Waals surface area contributed by atoms with Crippen molar-refractivity contribution in [2.75, 3.05) is 13.7 Å². The van der Waals surface area contributed by atoms with Gasteiger partial charge < -0.3 is 9.64 Å². The third kappa shape index (κ3) is 3.82. The van der Waals surface area contributed by atoms with Crippen LogP contribution in [0.4, 0.5) is 0 Å². The summed E-state index contributed by atoms with van der Waals surface area (Å²) in [7, 11) is 1.37. The number of rotatable bonds is 5. The highest BCUT2D eigenvalue weighted by atomic mass is 16.5. The van der Waals surface area contributed by atoms with E-state index in [4.69, 9.17) is 4.74 Å². The summed E-state index contributed by atoms with van der Waals surface area (Å²) in [4.78, 5) is 25.7. The molecule has 0 bridgehead atoms. The highest BCUT2D eigenvalue weighted by molar-refractivity contribution is 5.82. The largest absolute Gasteiger partial charge is 0.468 e. The maximum Gasteiger partial charge on any atom is 0.325 e. The van der Waals surface area contributed by atoms with Crippen LogP contribution in [0.1, 0.15) is 44.9 Å². The second-order valence-electron chi connectivity index (χ2n) is 5.51. The number of amides is 1. The van der Waals surface area contributed by atoms with Gasteiger partial charge in [0, 0.05) is 12.5 Å². The highest BCUT2D eigenvalue weighted by Crippen LogP contribution is 2.26. The van der Waals surface area contributed by atoms with Gasteiger partial charge in [-0.05, 0) is 31.6 Å². The molecule has 2 aliphatic rings. The van der Waals surface area contributed by atoms with Crippen molar-refractivity contribution in [1.29, 1.82) is 0 Å². The Morgan fingerprint density at radius 2 is 2.00 bits per heavy atom. The van der Waals surface area contributed by atoms with Gasteiger partial charge in [-0.2, -0.15) is 0 Å². The Hall–Kier alpha value is -1.32. The van der Waals surface area contributed by atoms with Gasteiger partial charge in [-0.1, -0.05) is 25.0 Å². The van der Waals surface area contributed by atoms with Crippen molar-refractivity contribution in [3.8, 4) is 0 Å². The molecular formula is C15H23NO3. The lowest BCUT2D eigenvalue weighted by molar-refractivity contribution is -0.148. The van der Waals surface area contributed by atoms with E-state index in [-0.39, 0.29) is 24.5 Å². The zero-order valence-electron chi connectivity index (χ0n) is 11.6. The zero-order valence-corrected chi connectivity index (χ0v) is 11.6. The molecule has 0 aliphatic heterocycles. The first kappa shape index (κ1) is 14.1. The molecule has 0 aromatic rings. The number of nitrogens with zero attached hydrogens (tertiary/aromatic N) is 1. The van der Waals surface area contributed by atoms with E-state index in [1.165, 1.54) is 7.11 Å². The van der Waals surface area contributed by atoms with Gasteiger partial charge in [0.1, 0.15) is 6.54 Å². The molecule has 2 rings (SSSR count). The van der Waals surface area contributed by atoms with Gasteiger partial charge in [0.05, 0.1) is 7.11 Å². The first-order valence-electron chi connectivity index (χ1n) is 7.23. The fraction of sp³-hybridized carbons (Fsp3) is 0.733. The van der Waals surface area contributed by atoms with Crippen LogP contribution in [0.5, 0.6) is 0 Å². The standard InChI is InChI=1S/C15H23NO3/c1-19-15(18)11-16(13-8-4-5-9-13)14(17)10-12-6-2-3-7-12/h2,6,12-13H,3-5,7-11H2,1H3/t12-/m1/s1. The average molecular weight is 265 g/mol. The molecular weight excluding hydrogens is 242 g/mol. The number of ether oxygens (including phenoxy) is 1. The Morgan fingerprint density at radius 1 is 1.26 bits per heavy atom.